The van der Waals surface area contributed by atoms with Crippen LogP contribution in [0, 0.1) is 13.8 Å². The lowest BCUT2D eigenvalue weighted by atomic mass is 10.2. The molecule has 22 heavy (non-hydrogen) atoms. The van der Waals surface area contributed by atoms with Crippen molar-refractivity contribution in [1.82, 2.24) is 14.9 Å². The van der Waals surface area contributed by atoms with Crippen LogP contribution in [0.1, 0.15) is 18.3 Å². The molecule has 2 aromatic rings. The van der Waals surface area contributed by atoms with E-state index in [0.29, 0.717) is 5.69 Å². The molecule has 1 heterocycles. The number of benzene rings is 1. The molecule has 0 spiro atoms. The minimum Gasteiger partial charge on any atom is -0.352 e. The molecule has 7 nitrogen and oxygen atoms in total. The average Bonchev–Trinajstić information content (AvgIpc) is 2.79. The minimum atomic E-state index is -0.732. The van der Waals surface area contributed by atoms with Gasteiger partial charge in [-0.25, -0.2) is 9.78 Å². The third-order valence-corrected chi connectivity index (χ3v) is 3.42. The molecule has 0 aliphatic carbocycles. The van der Waals surface area contributed by atoms with Gasteiger partial charge in [0.1, 0.15) is 6.04 Å². The van der Waals surface area contributed by atoms with Crippen molar-refractivity contribution in [1.29, 1.82) is 0 Å². The number of imidazole rings is 1. The number of primary amides is 1. The van der Waals surface area contributed by atoms with Crippen molar-refractivity contribution in [3.05, 3.63) is 42.0 Å². The standard InChI is InChI=1S/C15H19N5O2/c1-9-11(3)20(8-17-9)13-6-4-12(5-7-13)19-14(21)10(2)18-15(16)22/h4-8,10H,1-3H3,(H,19,21)(H3,16,18,22). The van der Waals surface area contributed by atoms with Gasteiger partial charge in [-0.2, -0.15) is 0 Å². The van der Waals surface area contributed by atoms with Gasteiger partial charge in [0.15, 0.2) is 0 Å². The van der Waals surface area contributed by atoms with Gasteiger partial charge in [0.25, 0.3) is 0 Å². The molecule has 2 rings (SSSR count). The number of aryl methyl sites for hydroxylation is 1. The number of hydrogen-bond acceptors (Lipinski definition) is 3. The topological polar surface area (TPSA) is 102 Å². The van der Waals surface area contributed by atoms with E-state index in [2.05, 4.69) is 15.6 Å². The molecule has 0 aliphatic rings. The monoisotopic (exact) mass is 301 g/mol. The van der Waals surface area contributed by atoms with E-state index < -0.39 is 12.1 Å². The molecule has 4 N–H and O–H groups in total. The third kappa shape index (κ3) is 3.43. The molecule has 7 heteroatoms. The van der Waals surface area contributed by atoms with Crippen LogP contribution in [0.2, 0.25) is 0 Å². The predicted molar refractivity (Wildman–Crippen MR) is 83.8 cm³/mol. The Morgan fingerprint density at radius 2 is 1.86 bits per heavy atom. The van der Waals surface area contributed by atoms with E-state index in [-0.39, 0.29) is 5.91 Å². The van der Waals surface area contributed by atoms with Crippen LogP contribution < -0.4 is 16.4 Å². The first-order valence-electron chi connectivity index (χ1n) is 6.86. The minimum absolute atomic E-state index is 0.332. The van der Waals surface area contributed by atoms with Crippen LogP contribution in [0.3, 0.4) is 0 Å². The van der Waals surface area contributed by atoms with E-state index in [0.717, 1.165) is 17.1 Å². The summed E-state index contributed by atoms with van der Waals surface area (Å²) in [6.07, 6.45) is 1.76. The summed E-state index contributed by atoms with van der Waals surface area (Å²) in [6.45, 7) is 5.51. The summed E-state index contributed by atoms with van der Waals surface area (Å²) in [5.74, 6) is -0.332. The molecule has 0 bridgehead atoms. The first kappa shape index (κ1) is 15.6. The van der Waals surface area contributed by atoms with Crippen molar-refractivity contribution in [3.63, 3.8) is 0 Å². The average molecular weight is 301 g/mol. The highest BCUT2D eigenvalue weighted by atomic mass is 16.2. The summed E-state index contributed by atoms with van der Waals surface area (Å²) in [5, 5.41) is 5.04. The summed E-state index contributed by atoms with van der Waals surface area (Å²) in [5.41, 5.74) is 8.63. The Morgan fingerprint density at radius 1 is 1.23 bits per heavy atom. The van der Waals surface area contributed by atoms with Crippen LogP contribution in [0.5, 0.6) is 0 Å². The number of carbonyl (C=O) groups excluding carboxylic acids is 2. The Labute approximate surface area is 128 Å². The quantitative estimate of drug-likeness (QED) is 0.797. The van der Waals surface area contributed by atoms with Crippen molar-refractivity contribution >= 4 is 17.6 Å². The van der Waals surface area contributed by atoms with Crippen LogP contribution in [0.15, 0.2) is 30.6 Å². The van der Waals surface area contributed by atoms with Crippen molar-refractivity contribution in [2.24, 2.45) is 5.73 Å². The molecule has 1 aromatic heterocycles. The zero-order valence-electron chi connectivity index (χ0n) is 12.8. The number of nitrogens with one attached hydrogen (secondary N) is 2. The zero-order chi connectivity index (χ0) is 16.3. The number of carbonyl (C=O) groups is 2. The third-order valence-electron chi connectivity index (χ3n) is 3.42. The lowest BCUT2D eigenvalue weighted by Gasteiger charge is -2.13. The second-order valence-corrected chi connectivity index (χ2v) is 5.05. The van der Waals surface area contributed by atoms with Gasteiger partial charge in [0.2, 0.25) is 5.91 Å². The molecular weight excluding hydrogens is 282 g/mol. The van der Waals surface area contributed by atoms with Crippen LogP contribution in [-0.2, 0) is 4.79 Å². The van der Waals surface area contributed by atoms with E-state index >= 15 is 0 Å². The molecule has 3 amide bonds. The molecule has 1 atom stereocenters. The molecular formula is C15H19N5O2. The van der Waals surface area contributed by atoms with Crippen molar-refractivity contribution in [2.45, 2.75) is 26.8 Å². The van der Waals surface area contributed by atoms with E-state index in [1.165, 1.54) is 0 Å². The van der Waals surface area contributed by atoms with Crippen LogP contribution in [0.25, 0.3) is 5.69 Å². The Balaban J connectivity index is 2.08. The Morgan fingerprint density at radius 3 is 2.36 bits per heavy atom. The molecule has 0 saturated carbocycles. The maximum absolute atomic E-state index is 11.9. The van der Waals surface area contributed by atoms with Crippen molar-refractivity contribution in [2.75, 3.05) is 5.32 Å². The van der Waals surface area contributed by atoms with E-state index in [1.54, 1.807) is 25.4 Å². The molecule has 1 unspecified atom stereocenters. The summed E-state index contributed by atoms with van der Waals surface area (Å²) in [7, 11) is 0. The predicted octanol–water partition coefficient (Wildman–Crippen LogP) is 1.48. The number of rotatable bonds is 4. The highest BCUT2D eigenvalue weighted by Crippen LogP contribution is 2.16. The summed E-state index contributed by atoms with van der Waals surface area (Å²) in [6, 6.07) is 5.92. The second-order valence-electron chi connectivity index (χ2n) is 5.05. The molecule has 1 aromatic carbocycles. The number of urea groups is 1. The number of nitrogens with two attached hydrogens (primary N) is 1. The largest absolute Gasteiger partial charge is 0.352 e. The number of hydrogen-bond donors (Lipinski definition) is 3. The zero-order valence-corrected chi connectivity index (χ0v) is 12.8. The van der Waals surface area contributed by atoms with Crippen LogP contribution >= 0.6 is 0 Å². The fourth-order valence-corrected chi connectivity index (χ4v) is 1.99. The van der Waals surface area contributed by atoms with Crippen molar-refractivity contribution in [3.8, 4) is 5.69 Å². The van der Waals surface area contributed by atoms with Crippen LogP contribution in [0.4, 0.5) is 10.5 Å². The molecule has 0 aliphatic heterocycles. The second kappa shape index (κ2) is 6.30. The van der Waals surface area contributed by atoms with Gasteiger partial charge in [-0.05, 0) is 45.0 Å². The van der Waals surface area contributed by atoms with Crippen LogP contribution in [-0.4, -0.2) is 27.5 Å². The summed E-state index contributed by atoms with van der Waals surface area (Å²) < 4.78 is 1.97. The van der Waals surface area contributed by atoms with Gasteiger partial charge in [0.05, 0.1) is 12.0 Å². The first-order chi connectivity index (χ1) is 10.4. The Hall–Kier alpha value is -2.83. The SMILES string of the molecule is Cc1ncn(-c2ccc(NC(=O)C(C)NC(N)=O)cc2)c1C. The maximum atomic E-state index is 11.9. The summed E-state index contributed by atoms with van der Waals surface area (Å²) in [4.78, 5) is 26.8. The smallest absolute Gasteiger partial charge is 0.312 e. The fourth-order valence-electron chi connectivity index (χ4n) is 1.99. The highest BCUT2D eigenvalue weighted by molar-refractivity contribution is 5.96. The highest BCUT2D eigenvalue weighted by Gasteiger charge is 2.14. The lowest BCUT2D eigenvalue weighted by molar-refractivity contribution is -0.117. The van der Waals surface area contributed by atoms with Gasteiger partial charge < -0.3 is 20.9 Å². The fraction of sp³-hybridized carbons (Fsp3) is 0.267. The normalized spacial score (nSPS) is 11.8. The van der Waals surface area contributed by atoms with Gasteiger partial charge in [-0.15, -0.1) is 0 Å². The number of amides is 3. The first-order valence-corrected chi connectivity index (χ1v) is 6.86. The number of nitrogens with zero attached hydrogens (tertiary/aromatic N) is 2. The van der Waals surface area contributed by atoms with E-state index in [9.17, 15) is 9.59 Å². The van der Waals surface area contributed by atoms with Gasteiger partial charge in [0, 0.05) is 17.1 Å². The molecule has 116 valence electrons. The molecule has 0 saturated heterocycles. The maximum Gasteiger partial charge on any atom is 0.312 e. The van der Waals surface area contributed by atoms with E-state index in [4.69, 9.17) is 5.73 Å². The number of anilines is 1. The Bertz CT molecular complexity index is 690. The van der Waals surface area contributed by atoms with Crippen molar-refractivity contribution < 1.29 is 9.59 Å². The number of aromatic nitrogens is 2. The van der Waals surface area contributed by atoms with Gasteiger partial charge in [-0.1, -0.05) is 0 Å². The van der Waals surface area contributed by atoms with E-state index in [1.807, 2.05) is 30.5 Å². The van der Waals surface area contributed by atoms with Gasteiger partial charge >= 0.3 is 6.03 Å². The molecule has 0 fully saturated rings. The summed E-state index contributed by atoms with van der Waals surface area (Å²) >= 11 is 0. The lowest BCUT2D eigenvalue weighted by Crippen LogP contribution is -2.44. The van der Waals surface area contributed by atoms with Gasteiger partial charge in [-0.3, -0.25) is 4.79 Å². The molecule has 0 radical (unpaired) electrons. The Kier molecular flexibility index (Phi) is 4.45.